The van der Waals surface area contributed by atoms with Crippen molar-refractivity contribution in [3.63, 3.8) is 0 Å². The van der Waals surface area contributed by atoms with Crippen LogP contribution in [0.3, 0.4) is 0 Å². The van der Waals surface area contributed by atoms with Gasteiger partial charge < -0.3 is 25.3 Å². The zero-order valence-electron chi connectivity index (χ0n) is 11.1. The third-order valence-corrected chi connectivity index (χ3v) is 2.17. The van der Waals surface area contributed by atoms with Gasteiger partial charge in [0, 0.05) is 25.4 Å². The lowest BCUT2D eigenvalue weighted by Crippen LogP contribution is -2.20. The van der Waals surface area contributed by atoms with E-state index in [1.807, 2.05) is 6.07 Å². The predicted molar refractivity (Wildman–Crippen MR) is 72.3 cm³/mol. The Morgan fingerprint density at radius 1 is 1.32 bits per heavy atom. The normalized spacial score (nSPS) is 10.2. The van der Waals surface area contributed by atoms with Gasteiger partial charge in [-0.25, -0.2) is 0 Å². The standard InChI is InChI=1S/C13H20N2O4/c1-17-7-8-19-12-4-2-3-11(9-12)15-13(16)10-18-6-5-14/h2-4,9H,5-8,10,14H2,1H3,(H,15,16). The number of methoxy groups -OCH3 is 1. The number of nitrogens with one attached hydrogen (secondary N) is 1. The van der Waals surface area contributed by atoms with Crippen LogP contribution >= 0.6 is 0 Å². The Balaban J connectivity index is 2.40. The van der Waals surface area contributed by atoms with Crippen molar-refractivity contribution >= 4 is 11.6 Å². The van der Waals surface area contributed by atoms with Crippen LogP contribution in [0.5, 0.6) is 5.75 Å². The lowest BCUT2D eigenvalue weighted by molar-refractivity contribution is -0.120. The minimum atomic E-state index is -0.220. The average Bonchev–Trinajstić information content (AvgIpc) is 2.40. The van der Waals surface area contributed by atoms with Gasteiger partial charge in [-0.2, -0.15) is 0 Å². The Labute approximate surface area is 112 Å². The fourth-order valence-corrected chi connectivity index (χ4v) is 1.35. The second kappa shape index (κ2) is 9.32. The van der Waals surface area contributed by atoms with E-state index >= 15 is 0 Å². The highest BCUT2D eigenvalue weighted by atomic mass is 16.5. The summed E-state index contributed by atoms with van der Waals surface area (Å²) in [5, 5.41) is 2.72. The van der Waals surface area contributed by atoms with Crippen molar-refractivity contribution in [2.24, 2.45) is 5.73 Å². The van der Waals surface area contributed by atoms with E-state index in [4.69, 9.17) is 19.9 Å². The summed E-state index contributed by atoms with van der Waals surface area (Å²) in [6.45, 7) is 1.74. The van der Waals surface area contributed by atoms with Crippen LogP contribution in [-0.2, 0) is 14.3 Å². The first kappa shape index (κ1) is 15.4. The fraction of sp³-hybridized carbons (Fsp3) is 0.462. The molecule has 0 radical (unpaired) electrons. The summed E-state index contributed by atoms with van der Waals surface area (Å²) in [7, 11) is 1.61. The van der Waals surface area contributed by atoms with E-state index in [2.05, 4.69) is 5.32 Å². The molecule has 6 nitrogen and oxygen atoms in total. The second-order valence-electron chi connectivity index (χ2n) is 3.76. The molecule has 0 aromatic heterocycles. The summed E-state index contributed by atoms with van der Waals surface area (Å²) in [5.74, 6) is 0.459. The molecule has 0 atom stereocenters. The molecule has 6 heteroatoms. The molecule has 0 spiro atoms. The molecule has 0 bridgehead atoms. The van der Waals surface area contributed by atoms with Crippen molar-refractivity contribution in [2.45, 2.75) is 0 Å². The Morgan fingerprint density at radius 2 is 2.16 bits per heavy atom. The molecule has 1 aromatic carbocycles. The number of carbonyl (C=O) groups excluding carboxylic acids is 1. The maximum atomic E-state index is 11.5. The molecule has 1 amide bonds. The van der Waals surface area contributed by atoms with Gasteiger partial charge >= 0.3 is 0 Å². The van der Waals surface area contributed by atoms with Crippen molar-refractivity contribution in [3.8, 4) is 5.75 Å². The van der Waals surface area contributed by atoms with E-state index in [0.29, 0.717) is 37.8 Å². The number of anilines is 1. The first-order chi connectivity index (χ1) is 9.26. The van der Waals surface area contributed by atoms with Gasteiger partial charge in [-0.3, -0.25) is 4.79 Å². The Morgan fingerprint density at radius 3 is 2.89 bits per heavy atom. The van der Waals surface area contributed by atoms with Gasteiger partial charge in [0.15, 0.2) is 0 Å². The molecule has 3 N–H and O–H groups in total. The number of hydrogen-bond donors (Lipinski definition) is 2. The van der Waals surface area contributed by atoms with E-state index < -0.39 is 0 Å². The SMILES string of the molecule is COCCOc1cccc(NC(=O)COCCN)c1. The van der Waals surface area contributed by atoms with Crippen LogP contribution in [0.4, 0.5) is 5.69 Å². The number of benzene rings is 1. The van der Waals surface area contributed by atoms with Crippen molar-refractivity contribution in [1.29, 1.82) is 0 Å². The van der Waals surface area contributed by atoms with Gasteiger partial charge in [-0.15, -0.1) is 0 Å². The van der Waals surface area contributed by atoms with Crippen LogP contribution in [0.25, 0.3) is 0 Å². The number of rotatable bonds is 9. The monoisotopic (exact) mass is 268 g/mol. The Bertz CT molecular complexity index is 385. The van der Waals surface area contributed by atoms with Crippen molar-refractivity contribution < 1.29 is 19.0 Å². The molecule has 0 saturated carbocycles. The quantitative estimate of drug-likeness (QED) is 0.642. The number of hydrogen-bond acceptors (Lipinski definition) is 5. The predicted octanol–water partition coefficient (Wildman–Crippen LogP) is 0.626. The zero-order valence-corrected chi connectivity index (χ0v) is 11.1. The lowest BCUT2D eigenvalue weighted by Gasteiger charge is -2.09. The summed E-state index contributed by atoms with van der Waals surface area (Å²) in [5.41, 5.74) is 5.92. The number of ether oxygens (including phenoxy) is 3. The van der Waals surface area contributed by atoms with E-state index in [9.17, 15) is 4.79 Å². The molecule has 1 aromatic rings. The highest BCUT2D eigenvalue weighted by Gasteiger charge is 2.03. The summed E-state index contributed by atoms with van der Waals surface area (Å²) in [4.78, 5) is 11.5. The summed E-state index contributed by atoms with van der Waals surface area (Å²) < 4.78 is 15.4. The first-order valence-electron chi connectivity index (χ1n) is 6.05. The fourth-order valence-electron chi connectivity index (χ4n) is 1.35. The lowest BCUT2D eigenvalue weighted by atomic mass is 10.3. The minimum absolute atomic E-state index is 0.00798. The molecule has 0 fully saturated rings. The molecule has 0 aliphatic heterocycles. The molecule has 0 aliphatic rings. The Hall–Kier alpha value is -1.63. The topological polar surface area (TPSA) is 82.8 Å². The number of amides is 1. The number of nitrogens with two attached hydrogens (primary N) is 1. The van der Waals surface area contributed by atoms with Crippen molar-refractivity contribution in [3.05, 3.63) is 24.3 Å². The molecule has 0 saturated heterocycles. The van der Waals surface area contributed by atoms with E-state index in [1.165, 1.54) is 0 Å². The molecule has 0 heterocycles. The Kier molecular flexibility index (Phi) is 7.57. The molecule has 0 aliphatic carbocycles. The second-order valence-corrected chi connectivity index (χ2v) is 3.76. The minimum Gasteiger partial charge on any atom is -0.491 e. The summed E-state index contributed by atoms with van der Waals surface area (Å²) >= 11 is 0. The molecule has 106 valence electrons. The molecule has 0 unspecified atom stereocenters. The van der Waals surface area contributed by atoms with Crippen molar-refractivity contribution in [1.82, 2.24) is 0 Å². The first-order valence-corrected chi connectivity index (χ1v) is 6.05. The summed E-state index contributed by atoms with van der Waals surface area (Å²) in [6, 6.07) is 7.15. The maximum Gasteiger partial charge on any atom is 0.250 e. The maximum absolute atomic E-state index is 11.5. The van der Waals surface area contributed by atoms with Gasteiger partial charge in [0.1, 0.15) is 19.0 Å². The third-order valence-electron chi connectivity index (χ3n) is 2.17. The van der Waals surface area contributed by atoms with Crippen LogP contribution in [0, 0.1) is 0 Å². The van der Waals surface area contributed by atoms with Gasteiger partial charge in [-0.05, 0) is 12.1 Å². The molecular weight excluding hydrogens is 248 g/mol. The van der Waals surface area contributed by atoms with Crippen LogP contribution in [0.2, 0.25) is 0 Å². The van der Waals surface area contributed by atoms with Crippen molar-refractivity contribution in [2.75, 3.05) is 45.4 Å². The van der Waals surface area contributed by atoms with Crippen LogP contribution in [0.15, 0.2) is 24.3 Å². The van der Waals surface area contributed by atoms with E-state index in [-0.39, 0.29) is 12.5 Å². The van der Waals surface area contributed by atoms with Gasteiger partial charge in [0.2, 0.25) is 5.91 Å². The average molecular weight is 268 g/mol. The smallest absolute Gasteiger partial charge is 0.250 e. The highest BCUT2D eigenvalue weighted by molar-refractivity contribution is 5.91. The van der Waals surface area contributed by atoms with Gasteiger partial charge in [0.05, 0.1) is 13.2 Å². The van der Waals surface area contributed by atoms with Gasteiger partial charge in [0.25, 0.3) is 0 Å². The van der Waals surface area contributed by atoms with Crippen LogP contribution in [0.1, 0.15) is 0 Å². The van der Waals surface area contributed by atoms with E-state index in [0.717, 1.165) is 0 Å². The third kappa shape index (κ3) is 6.76. The number of carbonyl (C=O) groups is 1. The molecule has 1 rings (SSSR count). The molecule has 19 heavy (non-hydrogen) atoms. The zero-order chi connectivity index (χ0) is 13.9. The van der Waals surface area contributed by atoms with Gasteiger partial charge in [-0.1, -0.05) is 6.07 Å². The summed E-state index contributed by atoms with van der Waals surface area (Å²) in [6.07, 6.45) is 0. The van der Waals surface area contributed by atoms with Crippen LogP contribution < -0.4 is 15.8 Å². The highest BCUT2D eigenvalue weighted by Crippen LogP contribution is 2.17. The van der Waals surface area contributed by atoms with Crippen LogP contribution in [-0.4, -0.2) is 46.0 Å². The van der Waals surface area contributed by atoms with E-state index in [1.54, 1.807) is 25.3 Å². The molecular formula is C13H20N2O4. The largest absolute Gasteiger partial charge is 0.491 e.